The lowest BCUT2D eigenvalue weighted by Crippen LogP contribution is -2.18. The van der Waals surface area contributed by atoms with Gasteiger partial charge in [0.05, 0.1) is 5.69 Å². The fourth-order valence-corrected chi connectivity index (χ4v) is 1.31. The molecule has 0 bridgehead atoms. The normalized spacial score (nSPS) is 14.6. The summed E-state index contributed by atoms with van der Waals surface area (Å²) in [5.41, 5.74) is 6.45. The van der Waals surface area contributed by atoms with Gasteiger partial charge < -0.3 is 15.8 Å². The van der Waals surface area contributed by atoms with E-state index in [4.69, 9.17) is 22.1 Å². The van der Waals surface area contributed by atoms with Crippen LogP contribution in [0, 0.1) is 0 Å². The van der Waals surface area contributed by atoms with Gasteiger partial charge in [0, 0.05) is 5.02 Å². The van der Waals surface area contributed by atoms with E-state index in [9.17, 15) is 0 Å². The fourth-order valence-electron chi connectivity index (χ4n) is 1.14. The van der Waals surface area contributed by atoms with Crippen LogP contribution >= 0.6 is 11.6 Å². The molecule has 3 nitrogen and oxygen atoms in total. The van der Waals surface area contributed by atoms with Crippen LogP contribution in [0.4, 0.5) is 5.69 Å². The molecule has 2 rings (SSSR count). The fraction of sp³-hybridized carbons (Fsp3) is 0.111. The maximum atomic E-state index is 5.81. The van der Waals surface area contributed by atoms with E-state index in [0.29, 0.717) is 16.6 Å². The molecule has 0 spiro atoms. The molecular weight excluding hydrogens is 188 g/mol. The molecular formula is C9H9ClN2O. The number of hydrogen-bond acceptors (Lipinski definition) is 3. The van der Waals surface area contributed by atoms with Gasteiger partial charge in [0.2, 0.25) is 0 Å². The maximum absolute atomic E-state index is 5.81. The second-order valence-electron chi connectivity index (χ2n) is 2.84. The number of halogens is 1. The number of nitrogens with one attached hydrogen (secondary N) is 1. The number of nitrogens with two attached hydrogens (primary N) is 1. The predicted molar refractivity (Wildman–Crippen MR) is 52.6 cm³/mol. The minimum Gasteiger partial charge on any atom is -0.456 e. The predicted octanol–water partition coefficient (Wildman–Crippen LogP) is 2.29. The Balaban J connectivity index is 2.44. The summed E-state index contributed by atoms with van der Waals surface area (Å²) in [6.07, 6.45) is 0. The molecule has 1 aliphatic heterocycles. The van der Waals surface area contributed by atoms with Gasteiger partial charge in [-0.15, -0.1) is 0 Å². The molecule has 13 heavy (non-hydrogen) atoms. The van der Waals surface area contributed by atoms with Gasteiger partial charge in [-0.1, -0.05) is 11.6 Å². The van der Waals surface area contributed by atoms with Crippen LogP contribution < -0.4 is 15.8 Å². The number of rotatable bonds is 0. The van der Waals surface area contributed by atoms with E-state index >= 15 is 0 Å². The van der Waals surface area contributed by atoms with Gasteiger partial charge in [0.15, 0.2) is 5.75 Å². The van der Waals surface area contributed by atoms with E-state index in [-0.39, 0.29) is 0 Å². The first-order valence-corrected chi connectivity index (χ1v) is 4.25. The molecule has 0 saturated heterocycles. The Morgan fingerprint density at radius 1 is 1.46 bits per heavy atom. The van der Waals surface area contributed by atoms with Gasteiger partial charge in [0.1, 0.15) is 11.6 Å². The van der Waals surface area contributed by atoms with Crippen LogP contribution in [0.3, 0.4) is 0 Å². The molecule has 1 aromatic rings. The molecule has 0 amide bonds. The standard InChI is InChI=1S/C9H9ClN2O/c1-5-9(11)12-7-4-6(10)2-3-8(7)13-5/h2-4,12H,11H2,1H3. The van der Waals surface area contributed by atoms with E-state index in [2.05, 4.69) is 5.32 Å². The van der Waals surface area contributed by atoms with Crippen LogP contribution in [0.1, 0.15) is 6.92 Å². The molecule has 0 atom stereocenters. The Morgan fingerprint density at radius 3 is 3.00 bits per heavy atom. The van der Waals surface area contributed by atoms with Crippen LogP contribution in [0.2, 0.25) is 5.02 Å². The molecule has 0 aliphatic carbocycles. The molecule has 4 heteroatoms. The summed E-state index contributed by atoms with van der Waals surface area (Å²) in [5, 5.41) is 3.65. The molecule has 0 radical (unpaired) electrons. The largest absolute Gasteiger partial charge is 0.456 e. The molecule has 68 valence electrons. The highest BCUT2D eigenvalue weighted by Crippen LogP contribution is 2.33. The van der Waals surface area contributed by atoms with Gasteiger partial charge in [-0.3, -0.25) is 0 Å². The molecule has 0 fully saturated rings. The SMILES string of the molecule is CC1=C(N)Nc2cc(Cl)ccc2O1. The summed E-state index contributed by atoms with van der Waals surface area (Å²) in [5.74, 6) is 1.95. The Morgan fingerprint density at radius 2 is 2.23 bits per heavy atom. The number of fused-ring (bicyclic) bond motifs is 1. The van der Waals surface area contributed by atoms with E-state index in [1.54, 1.807) is 25.1 Å². The van der Waals surface area contributed by atoms with E-state index in [1.807, 2.05) is 0 Å². The van der Waals surface area contributed by atoms with Crippen LogP contribution in [-0.2, 0) is 0 Å². The summed E-state index contributed by atoms with van der Waals surface area (Å²) in [7, 11) is 0. The summed E-state index contributed by atoms with van der Waals surface area (Å²) in [4.78, 5) is 0. The molecule has 1 aliphatic rings. The van der Waals surface area contributed by atoms with Crippen molar-refractivity contribution in [3.05, 3.63) is 34.8 Å². The van der Waals surface area contributed by atoms with Gasteiger partial charge in [-0.2, -0.15) is 0 Å². The topological polar surface area (TPSA) is 47.3 Å². The quantitative estimate of drug-likeness (QED) is 0.670. The molecule has 0 unspecified atom stereocenters. The first-order valence-electron chi connectivity index (χ1n) is 3.87. The zero-order valence-electron chi connectivity index (χ0n) is 7.10. The lowest BCUT2D eigenvalue weighted by atomic mass is 10.2. The van der Waals surface area contributed by atoms with Gasteiger partial charge in [-0.25, -0.2) is 0 Å². The Bertz CT molecular complexity index is 387. The van der Waals surface area contributed by atoms with Crippen molar-refractivity contribution in [1.29, 1.82) is 0 Å². The lowest BCUT2D eigenvalue weighted by molar-refractivity contribution is 0.415. The maximum Gasteiger partial charge on any atom is 0.150 e. The number of hydrogen-bond donors (Lipinski definition) is 2. The Kier molecular flexibility index (Phi) is 1.81. The van der Waals surface area contributed by atoms with Gasteiger partial charge in [0.25, 0.3) is 0 Å². The number of anilines is 1. The third-order valence-corrected chi connectivity index (χ3v) is 2.09. The minimum absolute atomic E-state index is 0.523. The third kappa shape index (κ3) is 1.42. The molecule has 1 aromatic carbocycles. The minimum atomic E-state index is 0.523. The summed E-state index contributed by atoms with van der Waals surface area (Å²) in [6, 6.07) is 5.35. The first-order chi connectivity index (χ1) is 6.16. The van der Waals surface area contributed by atoms with Crippen molar-refractivity contribution in [2.75, 3.05) is 5.32 Å². The Labute approximate surface area is 81.1 Å². The number of benzene rings is 1. The second-order valence-corrected chi connectivity index (χ2v) is 3.27. The average Bonchev–Trinajstić information content (AvgIpc) is 2.08. The van der Waals surface area contributed by atoms with Crippen molar-refractivity contribution in [3.8, 4) is 5.75 Å². The monoisotopic (exact) mass is 196 g/mol. The number of allylic oxidation sites excluding steroid dienone is 1. The van der Waals surface area contributed by atoms with Crippen molar-refractivity contribution >= 4 is 17.3 Å². The van der Waals surface area contributed by atoms with Crippen LogP contribution in [0.15, 0.2) is 29.8 Å². The van der Waals surface area contributed by atoms with Crippen LogP contribution in [0.5, 0.6) is 5.75 Å². The average molecular weight is 197 g/mol. The molecule has 0 aromatic heterocycles. The molecule has 0 saturated carbocycles. The highest BCUT2D eigenvalue weighted by atomic mass is 35.5. The van der Waals surface area contributed by atoms with Crippen LogP contribution in [0.25, 0.3) is 0 Å². The van der Waals surface area contributed by atoms with Gasteiger partial charge >= 0.3 is 0 Å². The second kappa shape index (κ2) is 2.85. The highest BCUT2D eigenvalue weighted by Gasteiger charge is 2.13. The summed E-state index contributed by atoms with van der Waals surface area (Å²) in [6.45, 7) is 1.81. The zero-order valence-corrected chi connectivity index (χ0v) is 7.85. The number of ether oxygens (including phenoxy) is 1. The highest BCUT2D eigenvalue weighted by molar-refractivity contribution is 6.30. The van der Waals surface area contributed by atoms with Crippen molar-refractivity contribution in [3.63, 3.8) is 0 Å². The van der Waals surface area contributed by atoms with Crippen molar-refractivity contribution in [2.24, 2.45) is 5.73 Å². The van der Waals surface area contributed by atoms with Gasteiger partial charge in [-0.05, 0) is 25.1 Å². The van der Waals surface area contributed by atoms with E-state index < -0.39 is 0 Å². The summed E-state index contributed by atoms with van der Waals surface area (Å²) >= 11 is 5.81. The van der Waals surface area contributed by atoms with E-state index in [0.717, 1.165) is 11.4 Å². The van der Waals surface area contributed by atoms with Crippen molar-refractivity contribution in [1.82, 2.24) is 0 Å². The molecule has 3 N–H and O–H groups in total. The van der Waals surface area contributed by atoms with Crippen molar-refractivity contribution in [2.45, 2.75) is 6.92 Å². The zero-order chi connectivity index (χ0) is 9.42. The third-order valence-electron chi connectivity index (χ3n) is 1.85. The summed E-state index contributed by atoms with van der Waals surface area (Å²) < 4.78 is 5.43. The van der Waals surface area contributed by atoms with E-state index in [1.165, 1.54) is 0 Å². The first kappa shape index (κ1) is 8.26. The smallest absolute Gasteiger partial charge is 0.150 e. The van der Waals surface area contributed by atoms with Crippen LogP contribution in [-0.4, -0.2) is 0 Å². The van der Waals surface area contributed by atoms with Crippen molar-refractivity contribution < 1.29 is 4.74 Å². The molecule has 1 heterocycles. The Hall–Kier alpha value is -1.35. The lowest BCUT2D eigenvalue weighted by Gasteiger charge is -2.20.